The molecule has 0 aliphatic carbocycles. The highest BCUT2D eigenvalue weighted by molar-refractivity contribution is 7.26. The van der Waals surface area contributed by atoms with Crippen LogP contribution in [0.2, 0.25) is 0 Å². The van der Waals surface area contributed by atoms with E-state index in [2.05, 4.69) is 228 Å². The molecular weight excluding hydrogens is 765 g/mol. The summed E-state index contributed by atoms with van der Waals surface area (Å²) >= 11 is 3.72. The van der Waals surface area contributed by atoms with Gasteiger partial charge in [-0.2, -0.15) is 0 Å². The van der Waals surface area contributed by atoms with Crippen LogP contribution in [0.5, 0.6) is 0 Å². The quantitative estimate of drug-likeness (QED) is 0.158. The Morgan fingerprint density at radius 2 is 0.733 bits per heavy atom. The van der Waals surface area contributed by atoms with Crippen molar-refractivity contribution in [2.45, 2.75) is 0 Å². The Bertz CT molecular complexity index is 3600. The molecule has 0 bridgehead atoms. The Hall–Kier alpha value is -7.24. The molecule has 0 unspecified atom stereocenters. The fourth-order valence-electron chi connectivity index (χ4n) is 9.08. The fraction of sp³-hybridized carbons (Fsp3) is 0. The number of benzene rings is 10. The van der Waals surface area contributed by atoms with E-state index >= 15 is 0 Å². The van der Waals surface area contributed by atoms with Crippen molar-refractivity contribution in [3.63, 3.8) is 0 Å². The average molecular weight is 801 g/mol. The monoisotopic (exact) mass is 800 g/mol. The minimum Gasteiger partial charge on any atom is -0.310 e. The molecule has 0 saturated heterocycles. The number of thiophene rings is 2. The van der Waals surface area contributed by atoms with Gasteiger partial charge in [0, 0.05) is 63.0 Å². The third-order valence-electron chi connectivity index (χ3n) is 11.8. The molecule has 0 amide bonds. The number of fused-ring (bicyclic) bond motifs is 8. The van der Waals surface area contributed by atoms with E-state index in [9.17, 15) is 0 Å². The van der Waals surface area contributed by atoms with Gasteiger partial charge in [-0.15, -0.1) is 22.7 Å². The van der Waals surface area contributed by atoms with Crippen molar-refractivity contribution >= 4 is 119 Å². The van der Waals surface area contributed by atoms with E-state index in [4.69, 9.17) is 0 Å². The van der Waals surface area contributed by atoms with Gasteiger partial charge in [-0.05, 0) is 106 Å². The second-order valence-corrected chi connectivity index (χ2v) is 17.5. The molecular formula is C56H36N2S2. The lowest BCUT2D eigenvalue weighted by molar-refractivity contribution is 1.29. The van der Waals surface area contributed by atoms with E-state index in [-0.39, 0.29) is 0 Å². The van der Waals surface area contributed by atoms with E-state index in [1.54, 1.807) is 0 Å². The highest BCUT2D eigenvalue weighted by Gasteiger charge is 2.23. The van der Waals surface area contributed by atoms with Crippen molar-refractivity contribution in [1.29, 1.82) is 0 Å². The van der Waals surface area contributed by atoms with Gasteiger partial charge >= 0.3 is 0 Å². The van der Waals surface area contributed by atoms with Crippen LogP contribution in [0.4, 0.5) is 34.1 Å². The van der Waals surface area contributed by atoms with E-state index in [1.165, 1.54) is 67.6 Å². The molecule has 2 aromatic heterocycles. The topological polar surface area (TPSA) is 6.48 Å². The summed E-state index contributed by atoms with van der Waals surface area (Å²) < 4.78 is 5.15. The Morgan fingerprint density at radius 3 is 1.37 bits per heavy atom. The van der Waals surface area contributed by atoms with Gasteiger partial charge in [0.25, 0.3) is 0 Å². The van der Waals surface area contributed by atoms with E-state index < -0.39 is 0 Å². The van der Waals surface area contributed by atoms with Gasteiger partial charge in [0.05, 0.1) is 17.1 Å². The number of para-hydroxylation sites is 1. The lowest BCUT2D eigenvalue weighted by Crippen LogP contribution is -2.12. The summed E-state index contributed by atoms with van der Waals surface area (Å²) in [6, 6.07) is 80.1. The minimum absolute atomic E-state index is 1.10. The maximum absolute atomic E-state index is 2.48. The van der Waals surface area contributed by atoms with Crippen LogP contribution >= 0.6 is 22.7 Å². The Morgan fingerprint density at radius 1 is 0.283 bits per heavy atom. The molecule has 2 nitrogen and oxygen atoms in total. The molecule has 12 aromatic rings. The number of rotatable bonds is 7. The molecule has 0 atom stereocenters. The van der Waals surface area contributed by atoms with Gasteiger partial charge in [-0.3, -0.25) is 0 Å². The Kier molecular flexibility index (Phi) is 8.25. The van der Waals surface area contributed by atoms with Gasteiger partial charge in [-0.25, -0.2) is 0 Å². The SMILES string of the molecule is c1cc(-c2ccccc2N(c2ccc3ccccc3c2)c2cccc3sc4ccccc4c23)cc(N(c2ccc3ccccc3c2)c2cccc3sc4ccccc4c23)c1. The van der Waals surface area contributed by atoms with Gasteiger partial charge < -0.3 is 9.80 Å². The minimum atomic E-state index is 1.10. The van der Waals surface area contributed by atoms with Crippen molar-refractivity contribution in [2.24, 2.45) is 0 Å². The molecule has 4 heteroatoms. The summed E-state index contributed by atoms with van der Waals surface area (Å²) in [5, 5.41) is 9.98. The molecule has 0 aliphatic heterocycles. The molecule has 0 fully saturated rings. The largest absolute Gasteiger partial charge is 0.310 e. The third kappa shape index (κ3) is 5.76. The summed E-state index contributed by atoms with van der Waals surface area (Å²) in [7, 11) is 0. The Balaban J connectivity index is 1.09. The van der Waals surface area contributed by atoms with E-state index in [1.807, 2.05) is 22.7 Å². The number of anilines is 6. The van der Waals surface area contributed by atoms with Crippen LogP contribution in [0.1, 0.15) is 0 Å². The molecule has 60 heavy (non-hydrogen) atoms. The molecule has 0 N–H and O–H groups in total. The summed E-state index contributed by atoms with van der Waals surface area (Å²) in [5.41, 5.74) is 9.09. The van der Waals surface area contributed by atoms with Crippen molar-refractivity contribution in [2.75, 3.05) is 9.80 Å². The van der Waals surface area contributed by atoms with Crippen LogP contribution in [0.25, 0.3) is 73.0 Å². The smallest absolute Gasteiger partial charge is 0.0555 e. The summed E-state index contributed by atoms with van der Waals surface area (Å²) in [6.45, 7) is 0. The summed E-state index contributed by atoms with van der Waals surface area (Å²) in [5.74, 6) is 0. The standard InChI is InChI=1S/C56H36N2S2/c1-3-16-39-34-43(32-30-37(39)14-1)57(49-24-12-28-53-55(49)46-21-6-9-26-51(46)59-53)42-19-11-18-41(36-42)45-20-5-8-23-48(45)58(44-33-31-38-15-2-4-17-40(38)35-44)50-25-13-29-54-56(50)47-22-7-10-27-52(47)60-54/h1-36H. The predicted octanol–water partition coefficient (Wildman–Crippen LogP) is 17.3. The normalized spacial score (nSPS) is 11.7. The summed E-state index contributed by atoms with van der Waals surface area (Å²) in [6.07, 6.45) is 0. The van der Waals surface area contributed by atoms with Crippen LogP contribution in [0, 0.1) is 0 Å². The van der Waals surface area contributed by atoms with Crippen LogP contribution in [-0.2, 0) is 0 Å². The van der Waals surface area contributed by atoms with Crippen LogP contribution in [0.3, 0.4) is 0 Å². The molecule has 0 aliphatic rings. The molecule has 0 saturated carbocycles. The molecule has 12 rings (SSSR count). The molecule has 0 spiro atoms. The maximum Gasteiger partial charge on any atom is 0.0555 e. The number of nitrogens with zero attached hydrogens (tertiary/aromatic N) is 2. The van der Waals surface area contributed by atoms with Crippen molar-refractivity contribution in [1.82, 2.24) is 0 Å². The zero-order valence-corrected chi connectivity index (χ0v) is 34.1. The lowest BCUT2D eigenvalue weighted by atomic mass is 9.99. The first-order chi connectivity index (χ1) is 29.7. The number of hydrogen-bond donors (Lipinski definition) is 0. The van der Waals surface area contributed by atoms with Crippen LogP contribution in [-0.4, -0.2) is 0 Å². The third-order valence-corrected chi connectivity index (χ3v) is 14.1. The molecule has 10 aromatic carbocycles. The first-order valence-corrected chi connectivity index (χ1v) is 22.0. The van der Waals surface area contributed by atoms with E-state index in [0.29, 0.717) is 0 Å². The number of hydrogen-bond acceptors (Lipinski definition) is 4. The molecule has 282 valence electrons. The predicted molar refractivity (Wildman–Crippen MR) is 262 cm³/mol. The van der Waals surface area contributed by atoms with Crippen molar-refractivity contribution in [3.05, 3.63) is 218 Å². The first-order valence-electron chi connectivity index (χ1n) is 20.3. The lowest BCUT2D eigenvalue weighted by Gasteiger charge is -2.30. The van der Waals surface area contributed by atoms with Crippen molar-refractivity contribution in [3.8, 4) is 11.1 Å². The average Bonchev–Trinajstić information content (AvgIpc) is 3.89. The zero-order valence-electron chi connectivity index (χ0n) is 32.5. The van der Waals surface area contributed by atoms with Gasteiger partial charge in [-0.1, -0.05) is 140 Å². The maximum atomic E-state index is 2.48. The highest BCUT2D eigenvalue weighted by Crippen LogP contribution is 2.49. The highest BCUT2D eigenvalue weighted by atomic mass is 32.1. The summed E-state index contributed by atoms with van der Waals surface area (Å²) in [4.78, 5) is 4.94. The van der Waals surface area contributed by atoms with Crippen LogP contribution in [0.15, 0.2) is 218 Å². The second-order valence-electron chi connectivity index (χ2n) is 15.3. The van der Waals surface area contributed by atoms with Gasteiger partial charge in [0.15, 0.2) is 0 Å². The first kappa shape index (κ1) is 34.8. The second kappa shape index (κ2) is 14.2. The molecule has 0 radical (unpaired) electrons. The van der Waals surface area contributed by atoms with Gasteiger partial charge in [0.2, 0.25) is 0 Å². The fourth-order valence-corrected chi connectivity index (χ4v) is 11.3. The van der Waals surface area contributed by atoms with Gasteiger partial charge in [0.1, 0.15) is 0 Å². The molecule has 2 heterocycles. The van der Waals surface area contributed by atoms with Crippen molar-refractivity contribution < 1.29 is 0 Å². The Labute approximate surface area is 356 Å². The van der Waals surface area contributed by atoms with Crippen LogP contribution < -0.4 is 9.80 Å². The zero-order chi connectivity index (χ0) is 39.6. The van der Waals surface area contributed by atoms with E-state index in [0.717, 1.165) is 39.6 Å².